The molecular weight excluding hydrogens is 318 g/mol. The molecule has 0 saturated carbocycles. The van der Waals surface area contributed by atoms with Crippen molar-refractivity contribution >= 4 is 16.8 Å². The number of amides is 1. The largest absolute Gasteiger partial charge is 0.361 e. The summed E-state index contributed by atoms with van der Waals surface area (Å²) >= 11 is 0. The maximum atomic E-state index is 12.6. The van der Waals surface area contributed by atoms with Crippen LogP contribution in [0.5, 0.6) is 0 Å². The van der Waals surface area contributed by atoms with Gasteiger partial charge in [0.25, 0.3) is 5.91 Å². The zero-order valence-electron chi connectivity index (χ0n) is 13.4. The van der Waals surface area contributed by atoms with Crippen LogP contribution in [0, 0.1) is 0 Å². The Morgan fingerprint density at radius 1 is 1.20 bits per heavy atom. The molecule has 0 aliphatic carbocycles. The highest BCUT2D eigenvalue weighted by atomic mass is 16.5. The Labute approximate surface area is 143 Å². The molecule has 124 valence electrons. The summed E-state index contributed by atoms with van der Waals surface area (Å²) in [5.74, 6) is 0.508. The van der Waals surface area contributed by atoms with Crippen LogP contribution in [0.1, 0.15) is 29.2 Å². The van der Waals surface area contributed by atoms with Crippen LogP contribution in [0.3, 0.4) is 0 Å². The molecule has 0 radical (unpaired) electrons. The first-order chi connectivity index (χ1) is 12.2. The predicted molar refractivity (Wildman–Crippen MR) is 91.7 cm³/mol. The third-order valence-electron chi connectivity index (χ3n) is 3.89. The second-order valence-corrected chi connectivity index (χ2v) is 5.61. The molecule has 1 amide bonds. The van der Waals surface area contributed by atoms with Crippen LogP contribution in [0.25, 0.3) is 22.4 Å². The third-order valence-corrected chi connectivity index (χ3v) is 3.89. The van der Waals surface area contributed by atoms with Crippen molar-refractivity contribution in [2.24, 2.45) is 0 Å². The molecule has 25 heavy (non-hydrogen) atoms. The van der Waals surface area contributed by atoms with Gasteiger partial charge in [-0.2, -0.15) is 4.98 Å². The Kier molecular flexibility index (Phi) is 3.74. The number of hydrogen-bond acceptors (Lipinski definition) is 5. The number of rotatable bonds is 4. The SMILES string of the molecule is C[C@H](NC(=O)c1cccc2cc[nH]c12)c1nc(-c2ccccn2)no1. The van der Waals surface area contributed by atoms with Crippen LogP contribution in [-0.4, -0.2) is 26.0 Å². The number of aromatic amines is 1. The molecule has 0 fully saturated rings. The van der Waals surface area contributed by atoms with E-state index in [0.29, 0.717) is 23.0 Å². The molecule has 0 unspecified atom stereocenters. The van der Waals surface area contributed by atoms with E-state index in [-0.39, 0.29) is 5.91 Å². The number of H-pyrrole nitrogens is 1. The number of fused-ring (bicyclic) bond motifs is 1. The minimum Gasteiger partial charge on any atom is -0.361 e. The van der Waals surface area contributed by atoms with E-state index in [4.69, 9.17) is 4.52 Å². The van der Waals surface area contributed by atoms with E-state index in [1.54, 1.807) is 25.3 Å². The lowest BCUT2D eigenvalue weighted by atomic mass is 10.1. The molecule has 2 N–H and O–H groups in total. The standard InChI is InChI=1S/C18H15N5O2/c1-11(18-22-16(23-25-18)14-7-2-3-9-19-14)21-17(24)13-6-4-5-12-8-10-20-15(12)13/h2-11,20H,1H3,(H,21,24)/t11-/m0/s1. The van der Waals surface area contributed by atoms with Gasteiger partial charge in [0.05, 0.1) is 11.1 Å². The monoisotopic (exact) mass is 333 g/mol. The van der Waals surface area contributed by atoms with Gasteiger partial charge < -0.3 is 14.8 Å². The molecule has 0 bridgehead atoms. The summed E-state index contributed by atoms with van der Waals surface area (Å²) in [6.45, 7) is 1.79. The fourth-order valence-corrected chi connectivity index (χ4v) is 2.62. The van der Waals surface area contributed by atoms with Gasteiger partial charge in [0.1, 0.15) is 11.7 Å². The Balaban J connectivity index is 1.54. The number of nitrogens with one attached hydrogen (secondary N) is 2. The highest BCUT2D eigenvalue weighted by Gasteiger charge is 2.19. The van der Waals surface area contributed by atoms with Crippen molar-refractivity contribution in [3.8, 4) is 11.5 Å². The number of aromatic nitrogens is 4. The number of benzene rings is 1. The van der Waals surface area contributed by atoms with E-state index < -0.39 is 6.04 Å². The lowest BCUT2D eigenvalue weighted by Gasteiger charge is -2.10. The van der Waals surface area contributed by atoms with Crippen LogP contribution in [0.15, 0.2) is 59.4 Å². The van der Waals surface area contributed by atoms with Crippen LogP contribution >= 0.6 is 0 Å². The van der Waals surface area contributed by atoms with Crippen LogP contribution in [-0.2, 0) is 0 Å². The topological polar surface area (TPSA) is 96.7 Å². The van der Waals surface area contributed by atoms with Gasteiger partial charge in [-0.15, -0.1) is 0 Å². The quantitative estimate of drug-likeness (QED) is 0.598. The summed E-state index contributed by atoms with van der Waals surface area (Å²) in [4.78, 5) is 24.2. The van der Waals surface area contributed by atoms with Crippen LogP contribution < -0.4 is 5.32 Å². The number of pyridine rings is 1. The smallest absolute Gasteiger partial charge is 0.254 e. The molecule has 3 aromatic heterocycles. The van der Waals surface area contributed by atoms with E-state index in [1.165, 1.54) is 0 Å². The Bertz CT molecular complexity index is 1020. The zero-order valence-corrected chi connectivity index (χ0v) is 13.4. The first kappa shape index (κ1) is 15.1. The molecule has 1 aromatic carbocycles. The number of nitrogens with zero attached hydrogens (tertiary/aromatic N) is 3. The van der Waals surface area contributed by atoms with Crippen molar-refractivity contribution in [3.63, 3.8) is 0 Å². The molecule has 0 saturated heterocycles. The van der Waals surface area contributed by atoms with E-state index in [0.717, 1.165) is 10.9 Å². The molecule has 4 rings (SSSR count). The second-order valence-electron chi connectivity index (χ2n) is 5.61. The lowest BCUT2D eigenvalue weighted by molar-refractivity contribution is 0.0934. The Morgan fingerprint density at radius 3 is 2.96 bits per heavy atom. The summed E-state index contributed by atoms with van der Waals surface area (Å²) in [5, 5.41) is 7.79. The highest BCUT2D eigenvalue weighted by molar-refractivity contribution is 6.05. The minimum atomic E-state index is -0.428. The lowest BCUT2D eigenvalue weighted by Crippen LogP contribution is -2.27. The summed E-state index contributed by atoms with van der Waals surface area (Å²) < 4.78 is 5.27. The number of carbonyl (C=O) groups excluding carboxylic acids is 1. The van der Waals surface area contributed by atoms with Crippen molar-refractivity contribution in [1.29, 1.82) is 0 Å². The van der Waals surface area contributed by atoms with Gasteiger partial charge in [0, 0.05) is 17.8 Å². The summed E-state index contributed by atoms with van der Waals surface area (Å²) in [5.41, 5.74) is 1.98. The fourth-order valence-electron chi connectivity index (χ4n) is 2.62. The van der Waals surface area contributed by atoms with Gasteiger partial charge in [-0.05, 0) is 31.2 Å². The number of hydrogen-bond donors (Lipinski definition) is 2. The molecule has 1 atom stereocenters. The van der Waals surface area contributed by atoms with E-state index in [1.807, 2.05) is 36.5 Å². The van der Waals surface area contributed by atoms with Gasteiger partial charge in [-0.1, -0.05) is 23.4 Å². The van der Waals surface area contributed by atoms with E-state index >= 15 is 0 Å². The molecular formula is C18H15N5O2. The minimum absolute atomic E-state index is 0.210. The molecule has 7 heteroatoms. The van der Waals surface area contributed by atoms with Crippen LogP contribution in [0.2, 0.25) is 0 Å². The van der Waals surface area contributed by atoms with E-state index in [9.17, 15) is 4.79 Å². The number of para-hydroxylation sites is 1. The summed E-state index contributed by atoms with van der Waals surface area (Å²) in [6, 6.07) is 12.5. The van der Waals surface area contributed by atoms with Crippen molar-refractivity contribution in [1.82, 2.24) is 25.4 Å². The maximum absolute atomic E-state index is 12.6. The average Bonchev–Trinajstić information content (AvgIpc) is 3.31. The van der Waals surface area contributed by atoms with Crippen molar-refractivity contribution < 1.29 is 9.32 Å². The van der Waals surface area contributed by atoms with Crippen molar-refractivity contribution in [2.45, 2.75) is 13.0 Å². The molecule has 0 spiro atoms. The van der Waals surface area contributed by atoms with Gasteiger partial charge in [-0.3, -0.25) is 9.78 Å². The van der Waals surface area contributed by atoms with Gasteiger partial charge in [0.2, 0.25) is 11.7 Å². The van der Waals surface area contributed by atoms with Gasteiger partial charge in [0.15, 0.2) is 0 Å². The molecule has 4 aromatic rings. The highest BCUT2D eigenvalue weighted by Crippen LogP contribution is 2.19. The third kappa shape index (κ3) is 2.87. The molecule has 3 heterocycles. The maximum Gasteiger partial charge on any atom is 0.254 e. The van der Waals surface area contributed by atoms with E-state index in [2.05, 4.69) is 25.4 Å². The molecule has 7 nitrogen and oxygen atoms in total. The number of carbonyl (C=O) groups is 1. The van der Waals surface area contributed by atoms with Crippen molar-refractivity contribution in [2.75, 3.05) is 0 Å². The Hall–Kier alpha value is -3.48. The van der Waals surface area contributed by atoms with Gasteiger partial charge in [-0.25, -0.2) is 0 Å². The second kappa shape index (κ2) is 6.20. The summed E-state index contributed by atoms with van der Waals surface area (Å²) in [7, 11) is 0. The van der Waals surface area contributed by atoms with Gasteiger partial charge >= 0.3 is 0 Å². The zero-order chi connectivity index (χ0) is 17.2. The van der Waals surface area contributed by atoms with Crippen LogP contribution in [0.4, 0.5) is 0 Å². The summed E-state index contributed by atoms with van der Waals surface area (Å²) in [6.07, 6.45) is 3.47. The predicted octanol–water partition coefficient (Wildman–Crippen LogP) is 3.10. The first-order valence-corrected chi connectivity index (χ1v) is 7.84. The van der Waals surface area contributed by atoms with Crippen molar-refractivity contribution in [3.05, 3.63) is 66.3 Å². The molecule has 0 aliphatic heterocycles. The fraction of sp³-hybridized carbons (Fsp3) is 0.111. The average molecular weight is 333 g/mol. The first-order valence-electron chi connectivity index (χ1n) is 7.84. The normalized spacial score (nSPS) is 12.2. The Morgan fingerprint density at radius 2 is 2.12 bits per heavy atom. The molecule has 0 aliphatic rings.